The lowest BCUT2D eigenvalue weighted by Gasteiger charge is -2.08. The molecule has 0 bridgehead atoms. The van der Waals surface area contributed by atoms with Crippen molar-refractivity contribution in [3.63, 3.8) is 0 Å². The van der Waals surface area contributed by atoms with Gasteiger partial charge in [0.25, 0.3) is 0 Å². The van der Waals surface area contributed by atoms with Crippen LogP contribution in [-0.4, -0.2) is 31.2 Å². The van der Waals surface area contributed by atoms with E-state index < -0.39 is 10.0 Å². The van der Waals surface area contributed by atoms with Crippen LogP contribution in [-0.2, 0) is 10.0 Å². The first-order chi connectivity index (χ1) is 6.92. The number of methoxy groups -OCH3 is 1. The Morgan fingerprint density at radius 3 is 2.53 bits per heavy atom. The monoisotopic (exact) mass is 231 g/mol. The highest BCUT2D eigenvalue weighted by Crippen LogP contribution is 2.14. The predicted molar refractivity (Wildman–Crippen MR) is 55.0 cm³/mol. The summed E-state index contributed by atoms with van der Waals surface area (Å²) in [5.41, 5.74) is 0.574. The quantitative estimate of drug-likeness (QED) is 0.779. The van der Waals surface area contributed by atoms with E-state index in [4.69, 9.17) is 9.88 Å². The van der Waals surface area contributed by atoms with Crippen molar-refractivity contribution in [1.82, 2.24) is 9.97 Å². The second-order valence-electron chi connectivity index (χ2n) is 3.21. The molecule has 0 aromatic carbocycles. The molecule has 0 saturated carbocycles. The molecule has 6 nitrogen and oxygen atoms in total. The summed E-state index contributed by atoms with van der Waals surface area (Å²) in [6.07, 6.45) is 2.92. The number of sulfonamides is 1. The maximum atomic E-state index is 10.8. The van der Waals surface area contributed by atoms with Gasteiger partial charge in [-0.15, -0.1) is 0 Å². The number of primary sulfonamides is 1. The fraction of sp³-hybridized carbons (Fsp3) is 0.500. The van der Waals surface area contributed by atoms with E-state index in [1.807, 2.05) is 0 Å². The van der Waals surface area contributed by atoms with Crippen LogP contribution in [0, 0.1) is 0 Å². The minimum atomic E-state index is -3.49. The molecule has 0 fully saturated rings. The Morgan fingerprint density at radius 1 is 1.47 bits per heavy atom. The normalized spacial score (nSPS) is 13.5. The maximum absolute atomic E-state index is 10.8. The predicted octanol–water partition coefficient (Wildman–Crippen LogP) is -0.123. The van der Waals surface area contributed by atoms with Crippen molar-refractivity contribution in [2.24, 2.45) is 5.14 Å². The van der Waals surface area contributed by atoms with Gasteiger partial charge in [-0.25, -0.2) is 18.5 Å². The topological polar surface area (TPSA) is 95.2 Å². The number of ether oxygens (including phenoxy) is 1. The van der Waals surface area contributed by atoms with E-state index in [1.165, 1.54) is 19.5 Å². The molecule has 1 aromatic rings. The van der Waals surface area contributed by atoms with Gasteiger partial charge in [-0.1, -0.05) is 6.92 Å². The van der Waals surface area contributed by atoms with Crippen LogP contribution in [0.2, 0.25) is 0 Å². The Bertz CT molecular complexity index is 415. The van der Waals surface area contributed by atoms with E-state index in [0.29, 0.717) is 11.6 Å². The van der Waals surface area contributed by atoms with Gasteiger partial charge in [-0.2, -0.15) is 0 Å². The minimum Gasteiger partial charge on any atom is -0.480 e. The zero-order valence-corrected chi connectivity index (χ0v) is 9.36. The first-order valence-corrected chi connectivity index (χ1v) is 6.00. The van der Waals surface area contributed by atoms with Crippen molar-refractivity contribution in [1.29, 1.82) is 0 Å². The van der Waals surface area contributed by atoms with Gasteiger partial charge in [-0.05, 0) is 0 Å². The second-order valence-corrected chi connectivity index (χ2v) is 4.87. The van der Waals surface area contributed by atoms with Crippen molar-refractivity contribution < 1.29 is 13.2 Å². The molecule has 0 amide bonds. The molecule has 0 spiro atoms. The minimum absolute atomic E-state index is 0.145. The van der Waals surface area contributed by atoms with Gasteiger partial charge < -0.3 is 4.74 Å². The van der Waals surface area contributed by atoms with Crippen LogP contribution in [0.3, 0.4) is 0 Å². The number of aromatic nitrogens is 2. The fourth-order valence-corrected chi connectivity index (χ4v) is 1.99. The number of nitrogens with zero attached hydrogens (tertiary/aromatic N) is 2. The molecule has 0 aliphatic carbocycles. The number of rotatable bonds is 4. The van der Waals surface area contributed by atoms with Gasteiger partial charge in [0.2, 0.25) is 15.9 Å². The van der Waals surface area contributed by atoms with Crippen LogP contribution < -0.4 is 9.88 Å². The standard InChI is InChI=1S/C8H13N3O3S/c1-6(5-15(9,12)13)7-3-11-8(14-2)4-10-7/h3-4,6H,5H2,1-2H3,(H2,9,12,13). The van der Waals surface area contributed by atoms with Gasteiger partial charge in [-0.3, -0.25) is 4.98 Å². The number of hydrogen-bond donors (Lipinski definition) is 1. The molecule has 1 atom stereocenters. The highest BCUT2D eigenvalue weighted by atomic mass is 32.2. The Balaban J connectivity index is 2.78. The van der Waals surface area contributed by atoms with Crippen LogP contribution >= 0.6 is 0 Å². The lowest BCUT2D eigenvalue weighted by Crippen LogP contribution is -2.21. The molecule has 7 heteroatoms. The van der Waals surface area contributed by atoms with E-state index >= 15 is 0 Å². The Labute approximate surface area is 88.5 Å². The summed E-state index contributed by atoms with van der Waals surface area (Å²) >= 11 is 0. The second kappa shape index (κ2) is 4.54. The van der Waals surface area contributed by atoms with E-state index in [2.05, 4.69) is 9.97 Å². The summed E-state index contributed by atoms with van der Waals surface area (Å²) < 4.78 is 26.5. The molecule has 1 aromatic heterocycles. The summed E-state index contributed by atoms with van der Waals surface area (Å²) in [4.78, 5) is 7.95. The smallest absolute Gasteiger partial charge is 0.231 e. The van der Waals surface area contributed by atoms with E-state index in [9.17, 15) is 8.42 Å². The summed E-state index contributed by atoms with van der Waals surface area (Å²) in [5.74, 6) is -0.0338. The maximum Gasteiger partial charge on any atom is 0.231 e. The van der Waals surface area contributed by atoms with Gasteiger partial charge in [0.05, 0.1) is 31.0 Å². The Hall–Kier alpha value is -1.21. The SMILES string of the molecule is COc1cnc(C(C)CS(N)(=O)=O)cn1. The molecule has 15 heavy (non-hydrogen) atoms. The molecule has 0 saturated heterocycles. The van der Waals surface area contributed by atoms with Crippen LogP contribution in [0.25, 0.3) is 0 Å². The van der Waals surface area contributed by atoms with Gasteiger partial charge in [0.15, 0.2) is 0 Å². The third kappa shape index (κ3) is 3.80. The average Bonchev–Trinajstić information content (AvgIpc) is 2.15. The van der Waals surface area contributed by atoms with Crippen molar-refractivity contribution in [3.05, 3.63) is 18.1 Å². The summed E-state index contributed by atoms with van der Waals surface area (Å²) in [5, 5.41) is 4.93. The first-order valence-electron chi connectivity index (χ1n) is 4.29. The zero-order valence-electron chi connectivity index (χ0n) is 8.54. The van der Waals surface area contributed by atoms with Crippen molar-refractivity contribution in [3.8, 4) is 5.88 Å². The lowest BCUT2D eigenvalue weighted by molar-refractivity contribution is 0.395. The average molecular weight is 231 g/mol. The Kier molecular flexibility index (Phi) is 3.59. The molecule has 0 aliphatic heterocycles. The van der Waals surface area contributed by atoms with E-state index in [-0.39, 0.29) is 11.7 Å². The highest BCUT2D eigenvalue weighted by Gasteiger charge is 2.14. The van der Waals surface area contributed by atoms with Crippen LogP contribution in [0.1, 0.15) is 18.5 Å². The number of nitrogens with two attached hydrogens (primary N) is 1. The van der Waals surface area contributed by atoms with Crippen molar-refractivity contribution in [2.45, 2.75) is 12.8 Å². The molecule has 0 radical (unpaired) electrons. The van der Waals surface area contributed by atoms with Gasteiger partial charge in [0.1, 0.15) is 0 Å². The van der Waals surface area contributed by atoms with Crippen molar-refractivity contribution in [2.75, 3.05) is 12.9 Å². The molecule has 1 rings (SSSR count). The summed E-state index contributed by atoms with van der Waals surface area (Å²) in [6.45, 7) is 1.72. The fourth-order valence-electron chi connectivity index (χ4n) is 1.12. The van der Waals surface area contributed by atoms with E-state index in [0.717, 1.165) is 0 Å². The zero-order chi connectivity index (χ0) is 11.5. The molecule has 1 unspecified atom stereocenters. The molecule has 84 valence electrons. The Morgan fingerprint density at radius 2 is 2.13 bits per heavy atom. The van der Waals surface area contributed by atoms with Gasteiger partial charge >= 0.3 is 0 Å². The molecular formula is C8H13N3O3S. The van der Waals surface area contributed by atoms with Crippen LogP contribution in [0.4, 0.5) is 0 Å². The molecular weight excluding hydrogens is 218 g/mol. The van der Waals surface area contributed by atoms with Crippen molar-refractivity contribution >= 4 is 10.0 Å². The summed E-state index contributed by atoms with van der Waals surface area (Å²) in [6, 6.07) is 0. The first kappa shape index (κ1) is 11.9. The van der Waals surface area contributed by atoms with E-state index in [1.54, 1.807) is 6.92 Å². The molecule has 1 heterocycles. The highest BCUT2D eigenvalue weighted by molar-refractivity contribution is 7.89. The summed E-state index contributed by atoms with van der Waals surface area (Å²) in [7, 11) is -2.00. The van der Waals surface area contributed by atoms with Gasteiger partial charge in [0, 0.05) is 5.92 Å². The van der Waals surface area contributed by atoms with Crippen LogP contribution in [0.15, 0.2) is 12.4 Å². The third-order valence-corrected chi connectivity index (χ3v) is 2.81. The lowest BCUT2D eigenvalue weighted by atomic mass is 10.1. The largest absolute Gasteiger partial charge is 0.480 e. The molecule has 0 aliphatic rings. The number of hydrogen-bond acceptors (Lipinski definition) is 5. The third-order valence-electron chi connectivity index (χ3n) is 1.84. The molecule has 2 N–H and O–H groups in total. The van der Waals surface area contributed by atoms with Crippen LogP contribution in [0.5, 0.6) is 5.88 Å².